The molecule has 13 rings (SSSR count). The van der Waals surface area contributed by atoms with E-state index in [2.05, 4.69) is 222 Å². The molecular formula is C58H36N2O2. The van der Waals surface area contributed by atoms with Gasteiger partial charge in [-0.05, 0) is 71.6 Å². The molecule has 0 aliphatic rings. The summed E-state index contributed by atoms with van der Waals surface area (Å²) in [6.07, 6.45) is 0. The minimum absolute atomic E-state index is 0.851. The molecule has 0 spiro atoms. The molecule has 4 heteroatoms. The number of hydrogen-bond donors (Lipinski definition) is 0. The van der Waals surface area contributed by atoms with Crippen LogP contribution in [-0.4, -0.2) is 4.57 Å². The van der Waals surface area contributed by atoms with E-state index >= 15 is 0 Å². The van der Waals surface area contributed by atoms with Crippen LogP contribution < -0.4 is 4.90 Å². The van der Waals surface area contributed by atoms with Gasteiger partial charge in [-0.2, -0.15) is 0 Å². The van der Waals surface area contributed by atoms with Gasteiger partial charge < -0.3 is 18.3 Å². The Kier molecular flexibility index (Phi) is 7.57. The molecule has 0 fully saturated rings. The summed E-state index contributed by atoms with van der Waals surface area (Å²) in [4.78, 5) is 2.45. The summed E-state index contributed by atoms with van der Waals surface area (Å²) in [5, 5.41) is 9.09. The van der Waals surface area contributed by atoms with Crippen molar-refractivity contribution < 1.29 is 8.83 Å². The summed E-state index contributed by atoms with van der Waals surface area (Å²) in [6, 6.07) is 78.0. The van der Waals surface area contributed by atoms with Crippen molar-refractivity contribution >= 4 is 93.5 Å². The van der Waals surface area contributed by atoms with Crippen LogP contribution in [0.1, 0.15) is 0 Å². The number of fused-ring (bicyclic) bond motifs is 10. The van der Waals surface area contributed by atoms with Crippen molar-refractivity contribution in [2.24, 2.45) is 0 Å². The van der Waals surface area contributed by atoms with Crippen LogP contribution in [0.2, 0.25) is 0 Å². The Hall–Kier alpha value is -8.34. The van der Waals surface area contributed by atoms with Crippen LogP contribution >= 0.6 is 0 Å². The van der Waals surface area contributed by atoms with Crippen LogP contribution in [0, 0.1) is 0 Å². The maximum atomic E-state index is 6.94. The lowest BCUT2D eigenvalue weighted by Crippen LogP contribution is -2.12. The zero-order valence-electron chi connectivity index (χ0n) is 33.5. The molecule has 13 aromatic rings. The number of hydrogen-bond acceptors (Lipinski definition) is 3. The van der Waals surface area contributed by atoms with Crippen molar-refractivity contribution in [1.29, 1.82) is 0 Å². The maximum absolute atomic E-state index is 6.94. The fourth-order valence-corrected chi connectivity index (χ4v) is 9.93. The summed E-state index contributed by atoms with van der Waals surface area (Å²) in [5.41, 5.74) is 14.3. The SMILES string of the molecule is c1ccc(N(c2cc(-c3ccccc3-n3c4ccccc4c4ccccc43)c3oc4ccccc4c3c2)c2cccc3ccccc23)c(-c2cccc3oc4ccccc4c23)c1. The summed E-state index contributed by atoms with van der Waals surface area (Å²) < 4.78 is 15.8. The minimum Gasteiger partial charge on any atom is -0.456 e. The fourth-order valence-electron chi connectivity index (χ4n) is 9.93. The highest BCUT2D eigenvalue weighted by Crippen LogP contribution is 2.50. The van der Waals surface area contributed by atoms with Crippen LogP contribution in [-0.2, 0) is 0 Å². The van der Waals surface area contributed by atoms with Crippen molar-refractivity contribution in [3.05, 3.63) is 218 Å². The third kappa shape index (κ3) is 5.14. The third-order valence-corrected chi connectivity index (χ3v) is 12.6. The van der Waals surface area contributed by atoms with Crippen LogP contribution in [0.5, 0.6) is 0 Å². The van der Waals surface area contributed by atoms with Gasteiger partial charge in [0.15, 0.2) is 0 Å². The molecule has 3 heterocycles. The Bertz CT molecular complexity index is 3840. The highest BCUT2D eigenvalue weighted by Gasteiger charge is 2.25. The summed E-state index contributed by atoms with van der Waals surface area (Å²) >= 11 is 0. The predicted molar refractivity (Wildman–Crippen MR) is 258 cm³/mol. The lowest BCUT2D eigenvalue weighted by molar-refractivity contribution is 0.669. The van der Waals surface area contributed by atoms with E-state index in [9.17, 15) is 0 Å². The number of aromatic nitrogens is 1. The first kappa shape index (κ1) is 34.5. The van der Waals surface area contributed by atoms with E-state index in [4.69, 9.17) is 8.83 Å². The number of rotatable bonds is 6. The van der Waals surface area contributed by atoms with Crippen molar-refractivity contribution in [1.82, 2.24) is 4.57 Å². The zero-order chi connectivity index (χ0) is 40.7. The van der Waals surface area contributed by atoms with Gasteiger partial charge in [0.1, 0.15) is 22.3 Å². The van der Waals surface area contributed by atoms with Crippen molar-refractivity contribution in [2.45, 2.75) is 0 Å². The van der Waals surface area contributed by atoms with Gasteiger partial charge in [0.05, 0.1) is 28.1 Å². The molecule has 0 N–H and O–H groups in total. The van der Waals surface area contributed by atoms with E-state index in [0.717, 1.165) is 105 Å². The first-order valence-corrected chi connectivity index (χ1v) is 21.1. The first-order chi connectivity index (χ1) is 30.8. The van der Waals surface area contributed by atoms with Crippen LogP contribution in [0.25, 0.3) is 104 Å². The van der Waals surface area contributed by atoms with Crippen LogP contribution in [0.15, 0.2) is 227 Å². The molecule has 0 unspecified atom stereocenters. The highest BCUT2D eigenvalue weighted by atomic mass is 16.3. The fraction of sp³-hybridized carbons (Fsp3) is 0. The van der Waals surface area contributed by atoms with Crippen LogP contribution in [0.3, 0.4) is 0 Å². The monoisotopic (exact) mass is 792 g/mol. The highest BCUT2D eigenvalue weighted by molar-refractivity contribution is 6.17. The molecule has 290 valence electrons. The lowest BCUT2D eigenvalue weighted by atomic mass is 9.95. The molecule has 0 aliphatic carbocycles. The smallest absolute Gasteiger partial charge is 0.143 e. The molecule has 0 aliphatic heterocycles. The Morgan fingerprint density at radius 2 is 0.887 bits per heavy atom. The molecule has 10 aromatic carbocycles. The Labute approximate surface area is 356 Å². The minimum atomic E-state index is 0.851. The molecular weight excluding hydrogens is 757 g/mol. The van der Waals surface area contributed by atoms with Gasteiger partial charge in [-0.25, -0.2) is 0 Å². The molecule has 0 amide bonds. The average Bonchev–Trinajstić information content (AvgIpc) is 4.02. The van der Waals surface area contributed by atoms with E-state index in [-0.39, 0.29) is 0 Å². The first-order valence-electron chi connectivity index (χ1n) is 21.1. The number of furan rings is 2. The van der Waals surface area contributed by atoms with Gasteiger partial charge in [-0.1, -0.05) is 158 Å². The summed E-state index contributed by atoms with van der Waals surface area (Å²) in [6.45, 7) is 0. The summed E-state index contributed by atoms with van der Waals surface area (Å²) in [7, 11) is 0. The average molecular weight is 793 g/mol. The van der Waals surface area contributed by atoms with Gasteiger partial charge in [-0.3, -0.25) is 0 Å². The van der Waals surface area contributed by atoms with E-state index < -0.39 is 0 Å². The van der Waals surface area contributed by atoms with Gasteiger partial charge in [-0.15, -0.1) is 0 Å². The number of para-hydroxylation sites is 6. The molecule has 62 heavy (non-hydrogen) atoms. The second-order valence-electron chi connectivity index (χ2n) is 16.0. The standard InChI is InChI=1S/C58H36N2O2/c1-2-19-39-37(17-1)18-15-31-49(39)59(50-27-9-5-22-42(50)45-26-16-34-56-57(45)46-25-8-14-33-55(46)61-56)38-35-47(58-48(36-38)44-24-7-13-32-54(44)62-58)43-23-6-12-30-53(43)60-51-28-10-3-20-40(51)41-21-4-11-29-52(41)60/h1-36H. The Morgan fingerprint density at radius 1 is 0.339 bits per heavy atom. The zero-order valence-corrected chi connectivity index (χ0v) is 33.5. The normalized spacial score (nSPS) is 11.9. The Balaban J connectivity index is 1.14. The van der Waals surface area contributed by atoms with Crippen molar-refractivity contribution in [2.75, 3.05) is 4.90 Å². The topological polar surface area (TPSA) is 34.5 Å². The molecule has 0 atom stereocenters. The lowest BCUT2D eigenvalue weighted by Gasteiger charge is -2.30. The largest absolute Gasteiger partial charge is 0.456 e. The van der Waals surface area contributed by atoms with Crippen LogP contribution in [0.4, 0.5) is 17.1 Å². The summed E-state index contributed by atoms with van der Waals surface area (Å²) in [5.74, 6) is 0. The van der Waals surface area contributed by atoms with E-state index in [1.165, 1.54) is 16.2 Å². The van der Waals surface area contributed by atoms with Crippen molar-refractivity contribution in [3.8, 4) is 27.9 Å². The second kappa shape index (κ2) is 13.6. The van der Waals surface area contributed by atoms with Gasteiger partial charge in [0.25, 0.3) is 0 Å². The third-order valence-electron chi connectivity index (χ3n) is 12.6. The van der Waals surface area contributed by atoms with Crippen molar-refractivity contribution in [3.63, 3.8) is 0 Å². The Morgan fingerprint density at radius 3 is 1.69 bits per heavy atom. The molecule has 0 radical (unpaired) electrons. The molecule has 0 saturated carbocycles. The second-order valence-corrected chi connectivity index (χ2v) is 16.0. The maximum Gasteiger partial charge on any atom is 0.143 e. The molecule has 0 saturated heterocycles. The molecule has 4 nitrogen and oxygen atoms in total. The number of benzene rings is 10. The predicted octanol–water partition coefficient (Wildman–Crippen LogP) is 16.5. The van der Waals surface area contributed by atoms with E-state index in [1.54, 1.807) is 0 Å². The van der Waals surface area contributed by atoms with Gasteiger partial charge in [0, 0.05) is 60.1 Å². The van der Waals surface area contributed by atoms with E-state index in [1.807, 2.05) is 6.07 Å². The number of nitrogens with zero attached hydrogens (tertiary/aromatic N) is 2. The van der Waals surface area contributed by atoms with E-state index in [0.29, 0.717) is 0 Å². The van der Waals surface area contributed by atoms with Gasteiger partial charge in [0.2, 0.25) is 0 Å². The quantitative estimate of drug-likeness (QED) is 0.168. The molecule has 0 bridgehead atoms. The van der Waals surface area contributed by atoms with Gasteiger partial charge >= 0.3 is 0 Å². The number of anilines is 3. The molecule has 3 aromatic heterocycles.